The predicted octanol–water partition coefficient (Wildman–Crippen LogP) is 2.65. The zero-order valence-corrected chi connectivity index (χ0v) is 8.53. The lowest BCUT2D eigenvalue weighted by Gasteiger charge is -2.06. The number of rotatable bonds is 3. The van der Waals surface area contributed by atoms with Crippen molar-refractivity contribution >= 4 is 17.1 Å². The first-order valence-corrected chi connectivity index (χ1v) is 4.91. The Labute approximate surface area is 88.5 Å². The molecule has 15 heavy (non-hydrogen) atoms. The molecule has 0 radical (unpaired) electrons. The summed E-state index contributed by atoms with van der Waals surface area (Å²) in [5.74, 6) is 2.63. The minimum absolute atomic E-state index is 0.0296. The highest BCUT2D eigenvalue weighted by Crippen LogP contribution is 2.18. The molecule has 2 aromatic rings. The summed E-state index contributed by atoms with van der Waals surface area (Å²) in [7, 11) is 0. The van der Waals surface area contributed by atoms with Crippen LogP contribution in [0.15, 0.2) is 28.7 Å². The smallest absolute Gasteiger partial charge is 0.296 e. The molecule has 0 fully saturated rings. The van der Waals surface area contributed by atoms with Crippen molar-refractivity contribution in [3.63, 3.8) is 0 Å². The van der Waals surface area contributed by atoms with Crippen LogP contribution in [-0.4, -0.2) is 11.0 Å². The molecule has 3 nitrogen and oxygen atoms in total. The largest absolute Gasteiger partial charge is 0.424 e. The second kappa shape index (κ2) is 4.05. The molecule has 1 aromatic heterocycles. The number of hydrogen-bond acceptors (Lipinski definition) is 3. The first-order valence-electron chi connectivity index (χ1n) is 4.91. The topological polar surface area (TPSA) is 38.1 Å². The first kappa shape index (κ1) is 9.60. The summed E-state index contributed by atoms with van der Waals surface area (Å²) >= 11 is 0. The lowest BCUT2D eigenvalue weighted by atomic mass is 10.2. The van der Waals surface area contributed by atoms with E-state index in [2.05, 4.69) is 16.2 Å². The Morgan fingerprint density at radius 3 is 3.00 bits per heavy atom. The summed E-state index contributed by atoms with van der Waals surface area (Å²) in [6.07, 6.45) is 6.19. The van der Waals surface area contributed by atoms with Crippen LogP contribution in [0.4, 0.5) is 6.01 Å². The quantitative estimate of drug-likeness (QED) is 0.774. The third kappa shape index (κ3) is 1.94. The molecular formula is C12H12N2O. The summed E-state index contributed by atoms with van der Waals surface area (Å²) in [5.41, 5.74) is 1.61. The minimum atomic E-state index is -0.0296. The van der Waals surface area contributed by atoms with Crippen molar-refractivity contribution < 1.29 is 4.42 Å². The normalized spacial score (nSPS) is 12.3. The molecule has 1 heterocycles. The Kier molecular flexibility index (Phi) is 2.59. The Hall–Kier alpha value is -1.95. The SMILES string of the molecule is C#CC(CC)Nc1nc2ccccc2o1. The van der Waals surface area contributed by atoms with Gasteiger partial charge in [0.2, 0.25) is 0 Å². The van der Waals surface area contributed by atoms with Crippen LogP contribution in [-0.2, 0) is 0 Å². The Balaban J connectivity index is 2.26. The molecule has 0 aliphatic rings. The van der Waals surface area contributed by atoms with Gasteiger partial charge in [-0.1, -0.05) is 25.0 Å². The van der Waals surface area contributed by atoms with E-state index in [0.29, 0.717) is 6.01 Å². The fourth-order valence-electron chi connectivity index (χ4n) is 1.34. The zero-order chi connectivity index (χ0) is 10.7. The van der Waals surface area contributed by atoms with E-state index in [1.165, 1.54) is 0 Å². The molecule has 0 aliphatic carbocycles. The molecule has 0 amide bonds. The lowest BCUT2D eigenvalue weighted by Crippen LogP contribution is -2.15. The van der Waals surface area contributed by atoms with Gasteiger partial charge in [0.1, 0.15) is 5.52 Å². The maximum absolute atomic E-state index is 5.48. The highest BCUT2D eigenvalue weighted by molar-refractivity contribution is 5.74. The predicted molar refractivity (Wildman–Crippen MR) is 60.5 cm³/mol. The summed E-state index contributed by atoms with van der Waals surface area (Å²) in [5, 5.41) is 3.05. The van der Waals surface area contributed by atoms with Crippen LogP contribution in [0, 0.1) is 12.3 Å². The van der Waals surface area contributed by atoms with Crippen molar-refractivity contribution in [1.82, 2.24) is 4.98 Å². The van der Waals surface area contributed by atoms with Crippen LogP contribution < -0.4 is 5.32 Å². The number of oxazole rings is 1. The second-order valence-corrected chi connectivity index (χ2v) is 3.26. The van der Waals surface area contributed by atoms with Crippen molar-refractivity contribution in [2.45, 2.75) is 19.4 Å². The van der Waals surface area contributed by atoms with Crippen molar-refractivity contribution in [3.05, 3.63) is 24.3 Å². The van der Waals surface area contributed by atoms with E-state index >= 15 is 0 Å². The second-order valence-electron chi connectivity index (χ2n) is 3.26. The maximum atomic E-state index is 5.48. The third-order valence-electron chi connectivity index (χ3n) is 2.20. The molecule has 2 rings (SSSR count). The average Bonchev–Trinajstić information content (AvgIpc) is 2.68. The van der Waals surface area contributed by atoms with Crippen molar-refractivity contribution in [2.24, 2.45) is 0 Å². The van der Waals surface area contributed by atoms with E-state index < -0.39 is 0 Å². The fourth-order valence-corrected chi connectivity index (χ4v) is 1.34. The Morgan fingerprint density at radius 1 is 1.53 bits per heavy atom. The van der Waals surface area contributed by atoms with Crippen molar-refractivity contribution in [1.29, 1.82) is 0 Å². The molecule has 0 saturated carbocycles. The number of terminal acetylenes is 1. The van der Waals surface area contributed by atoms with Gasteiger partial charge in [0.25, 0.3) is 6.01 Å². The molecule has 0 saturated heterocycles. The summed E-state index contributed by atoms with van der Waals surface area (Å²) < 4.78 is 5.48. The number of fused-ring (bicyclic) bond motifs is 1. The number of hydrogen-bond donors (Lipinski definition) is 1. The molecule has 1 N–H and O–H groups in total. The van der Waals surface area contributed by atoms with Crippen LogP contribution in [0.1, 0.15) is 13.3 Å². The maximum Gasteiger partial charge on any atom is 0.296 e. The van der Waals surface area contributed by atoms with E-state index in [9.17, 15) is 0 Å². The van der Waals surface area contributed by atoms with Crippen LogP contribution in [0.5, 0.6) is 0 Å². The van der Waals surface area contributed by atoms with E-state index in [1.54, 1.807) is 0 Å². The molecule has 3 heteroatoms. The molecule has 76 valence electrons. The molecule has 0 spiro atoms. The van der Waals surface area contributed by atoms with Crippen LogP contribution in [0.2, 0.25) is 0 Å². The number of nitrogens with one attached hydrogen (secondary N) is 1. The first-order chi connectivity index (χ1) is 7.33. The number of para-hydroxylation sites is 2. The molecule has 1 unspecified atom stereocenters. The van der Waals surface area contributed by atoms with Crippen LogP contribution in [0.25, 0.3) is 11.1 Å². The van der Waals surface area contributed by atoms with Gasteiger partial charge in [-0.15, -0.1) is 6.42 Å². The molecule has 1 aromatic carbocycles. The van der Waals surface area contributed by atoms with Crippen molar-refractivity contribution in [3.8, 4) is 12.3 Å². The van der Waals surface area contributed by atoms with Gasteiger partial charge in [-0.2, -0.15) is 4.98 Å². The number of nitrogens with zero attached hydrogens (tertiary/aromatic N) is 1. The van der Waals surface area contributed by atoms with Gasteiger partial charge >= 0.3 is 0 Å². The summed E-state index contributed by atoms with van der Waals surface area (Å²) in [6.45, 7) is 2.01. The lowest BCUT2D eigenvalue weighted by molar-refractivity contribution is 0.606. The van der Waals surface area contributed by atoms with E-state index in [0.717, 1.165) is 17.5 Å². The molecule has 1 atom stereocenters. The highest BCUT2D eigenvalue weighted by atomic mass is 16.4. The standard InChI is InChI=1S/C12H12N2O/c1-3-9(4-2)13-12-14-10-7-5-6-8-11(10)15-12/h1,5-9H,4H2,2H3,(H,13,14). The van der Waals surface area contributed by atoms with Gasteiger partial charge in [-0.3, -0.25) is 0 Å². The Morgan fingerprint density at radius 2 is 2.33 bits per heavy atom. The molecule has 0 bridgehead atoms. The molecule has 0 aliphatic heterocycles. The van der Waals surface area contributed by atoms with Gasteiger partial charge in [0.15, 0.2) is 5.58 Å². The van der Waals surface area contributed by atoms with Gasteiger partial charge in [-0.25, -0.2) is 0 Å². The van der Waals surface area contributed by atoms with Gasteiger partial charge in [-0.05, 0) is 18.6 Å². The third-order valence-corrected chi connectivity index (χ3v) is 2.20. The number of anilines is 1. The van der Waals surface area contributed by atoms with Gasteiger partial charge in [0.05, 0.1) is 6.04 Å². The average molecular weight is 200 g/mol. The monoisotopic (exact) mass is 200 g/mol. The number of aromatic nitrogens is 1. The molecular weight excluding hydrogens is 188 g/mol. The summed E-state index contributed by atoms with van der Waals surface area (Å²) in [4.78, 5) is 4.28. The van der Waals surface area contributed by atoms with Crippen molar-refractivity contribution in [2.75, 3.05) is 5.32 Å². The fraction of sp³-hybridized carbons (Fsp3) is 0.250. The zero-order valence-electron chi connectivity index (χ0n) is 8.53. The van der Waals surface area contributed by atoms with E-state index in [1.807, 2.05) is 31.2 Å². The van der Waals surface area contributed by atoms with Gasteiger partial charge in [0, 0.05) is 0 Å². The van der Waals surface area contributed by atoms with Gasteiger partial charge < -0.3 is 9.73 Å². The van der Waals surface area contributed by atoms with Crippen LogP contribution >= 0.6 is 0 Å². The summed E-state index contributed by atoms with van der Waals surface area (Å²) in [6, 6.07) is 8.08. The highest BCUT2D eigenvalue weighted by Gasteiger charge is 2.07. The van der Waals surface area contributed by atoms with E-state index in [-0.39, 0.29) is 6.04 Å². The minimum Gasteiger partial charge on any atom is -0.424 e. The van der Waals surface area contributed by atoms with E-state index in [4.69, 9.17) is 10.8 Å². The number of benzene rings is 1. The Bertz CT molecular complexity index is 463. The van der Waals surface area contributed by atoms with Crippen LogP contribution in [0.3, 0.4) is 0 Å².